The lowest BCUT2D eigenvalue weighted by molar-refractivity contribution is -0.134. The predicted octanol–water partition coefficient (Wildman–Crippen LogP) is 2.30. The molecule has 3 rings (SSSR count). The number of likely N-dealkylation sites (N-methyl/N-ethyl adjacent to an activating group) is 1. The van der Waals surface area contributed by atoms with Crippen LogP contribution in [0.5, 0.6) is 0 Å². The number of benzene rings is 1. The molecule has 0 radical (unpaired) electrons. The SMILES string of the molecule is CC(C)C(C#N)N1CCN(C(=O)CN(C)C2CCc3ccccc32)CC1. The van der Waals surface area contributed by atoms with Crippen LogP contribution < -0.4 is 0 Å². The summed E-state index contributed by atoms with van der Waals surface area (Å²) in [6.45, 7) is 7.65. The van der Waals surface area contributed by atoms with Crippen molar-refractivity contribution >= 4 is 5.91 Å². The first-order chi connectivity index (χ1) is 12.5. The summed E-state index contributed by atoms with van der Waals surface area (Å²) in [4.78, 5) is 19.1. The van der Waals surface area contributed by atoms with Crippen molar-refractivity contribution in [3.05, 3.63) is 35.4 Å². The average molecular weight is 354 g/mol. The molecule has 0 aromatic heterocycles. The Morgan fingerprint density at radius 3 is 2.62 bits per heavy atom. The number of carbonyl (C=O) groups is 1. The number of nitriles is 1. The molecule has 2 aliphatic rings. The van der Waals surface area contributed by atoms with Gasteiger partial charge in [0.2, 0.25) is 5.91 Å². The highest BCUT2D eigenvalue weighted by Crippen LogP contribution is 2.34. The number of hydrogen-bond acceptors (Lipinski definition) is 4. The lowest BCUT2D eigenvalue weighted by Gasteiger charge is -2.39. The molecule has 26 heavy (non-hydrogen) atoms. The van der Waals surface area contributed by atoms with Gasteiger partial charge in [0.15, 0.2) is 0 Å². The molecular formula is C21H30N4O. The zero-order chi connectivity index (χ0) is 18.7. The van der Waals surface area contributed by atoms with Crippen molar-refractivity contribution < 1.29 is 4.79 Å². The average Bonchev–Trinajstić information content (AvgIpc) is 3.06. The number of carbonyl (C=O) groups excluding carboxylic acids is 1. The summed E-state index contributed by atoms with van der Waals surface area (Å²) in [5.41, 5.74) is 2.79. The van der Waals surface area contributed by atoms with Gasteiger partial charge in [-0.2, -0.15) is 5.26 Å². The van der Waals surface area contributed by atoms with Gasteiger partial charge in [0.05, 0.1) is 12.6 Å². The van der Waals surface area contributed by atoms with E-state index in [0.29, 0.717) is 18.5 Å². The Hall–Kier alpha value is -1.90. The van der Waals surface area contributed by atoms with Gasteiger partial charge in [0.1, 0.15) is 6.04 Å². The molecule has 2 unspecified atom stereocenters. The fourth-order valence-electron chi connectivity index (χ4n) is 4.32. The van der Waals surface area contributed by atoms with Crippen LogP contribution in [0.2, 0.25) is 0 Å². The topological polar surface area (TPSA) is 50.6 Å². The first kappa shape index (κ1) is 18.9. The zero-order valence-corrected chi connectivity index (χ0v) is 16.2. The fraction of sp³-hybridized carbons (Fsp3) is 0.619. The second kappa shape index (κ2) is 8.20. The van der Waals surface area contributed by atoms with Gasteiger partial charge in [-0.25, -0.2) is 0 Å². The Morgan fingerprint density at radius 2 is 1.96 bits per heavy atom. The molecule has 0 bridgehead atoms. The molecule has 1 aromatic carbocycles. The molecule has 0 saturated carbocycles. The van der Waals surface area contributed by atoms with Gasteiger partial charge in [0.25, 0.3) is 0 Å². The zero-order valence-electron chi connectivity index (χ0n) is 16.2. The van der Waals surface area contributed by atoms with Crippen LogP contribution in [0, 0.1) is 17.2 Å². The summed E-state index contributed by atoms with van der Waals surface area (Å²) < 4.78 is 0. The van der Waals surface area contributed by atoms with E-state index in [4.69, 9.17) is 0 Å². The third-order valence-corrected chi connectivity index (χ3v) is 5.84. The highest BCUT2D eigenvalue weighted by molar-refractivity contribution is 5.78. The number of amides is 1. The second-order valence-corrected chi connectivity index (χ2v) is 7.90. The van der Waals surface area contributed by atoms with E-state index in [2.05, 4.69) is 61.0 Å². The summed E-state index contributed by atoms with van der Waals surface area (Å²) in [5.74, 6) is 0.519. The maximum atomic E-state index is 12.8. The van der Waals surface area contributed by atoms with E-state index in [1.54, 1.807) is 0 Å². The van der Waals surface area contributed by atoms with Crippen molar-refractivity contribution in [3.8, 4) is 6.07 Å². The van der Waals surface area contributed by atoms with Gasteiger partial charge in [-0.1, -0.05) is 38.1 Å². The number of rotatable bonds is 5. The van der Waals surface area contributed by atoms with Gasteiger partial charge in [-0.15, -0.1) is 0 Å². The highest BCUT2D eigenvalue weighted by atomic mass is 16.2. The van der Waals surface area contributed by atoms with Crippen LogP contribution in [0.25, 0.3) is 0 Å². The quantitative estimate of drug-likeness (QED) is 0.814. The number of fused-ring (bicyclic) bond motifs is 1. The largest absolute Gasteiger partial charge is 0.339 e. The van der Waals surface area contributed by atoms with Gasteiger partial charge >= 0.3 is 0 Å². The predicted molar refractivity (Wildman–Crippen MR) is 103 cm³/mol. The minimum absolute atomic E-state index is 0.0510. The summed E-state index contributed by atoms with van der Waals surface area (Å²) in [7, 11) is 2.06. The van der Waals surface area contributed by atoms with Crippen molar-refractivity contribution in [1.82, 2.24) is 14.7 Å². The van der Waals surface area contributed by atoms with Crippen molar-refractivity contribution in [2.45, 2.75) is 38.8 Å². The Morgan fingerprint density at radius 1 is 1.27 bits per heavy atom. The number of aryl methyl sites for hydroxylation is 1. The van der Waals surface area contributed by atoms with Crippen molar-refractivity contribution in [2.24, 2.45) is 5.92 Å². The van der Waals surface area contributed by atoms with E-state index in [-0.39, 0.29) is 11.9 Å². The van der Waals surface area contributed by atoms with E-state index in [9.17, 15) is 10.1 Å². The molecule has 0 spiro atoms. The van der Waals surface area contributed by atoms with Crippen LogP contribution >= 0.6 is 0 Å². The summed E-state index contributed by atoms with van der Waals surface area (Å²) in [6, 6.07) is 11.3. The van der Waals surface area contributed by atoms with Gasteiger partial charge in [-0.05, 0) is 36.9 Å². The van der Waals surface area contributed by atoms with Gasteiger partial charge in [0, 0.05) is 32.2 Å². The summed E-state index contributed by atoms with van der Waals surface area (Å²) >= 11 is 0. The number of piperazine rings is 1. The summed E-state index contributed by atoms with van der Waals surface area (Å²) in [6.07, 6.45) is 2.19. The first-order valence-corrected chi connectivity index (χ1v) is 9.70. The van der Waals surface area contributed by atoms with Crippen LogP contribution in [0.3, 0.4) is 0 Å². The normalized spacial score (nSPS) is 21.7. The summed E-state index contributed by atoms with van der Waals surface area (Å²) in [5, 5.41) is 9.37. The van der Waals surface area contributed by atoms with E-state index in [1.807, 2.05) is 4.90 Å². The highest BCUT2D eigenvalue weighted by Gasteiger charge is 2.30. The van der Waals surface area contributed by atoms with Gasteiger partial charge in [-0.3, -0.25) is 14.6 Å². The second-order valence-electron chi connectivity index (χ2n) is 7.90. The monoisotopic (exact) mass is 354 g/mol. The Balaban J connectivity index is 1.53. The molecule has 140 valence electrons. The number of hydrogen-bond donors (Lipinski definition) is 0. The fourth-order valence-corrected chi connectivity index (χ4v) is 4.32. The third kappa shape index (κ3) is 3.92. The molecule has 1 amide bonds. The maximum Gasteiger partial charge on any atom is 0.236 e. The van der Waals surface area contributed by atoms with Crippen molar-refractivity contribution in [3.63, 3.8) is 0 Å². The molecule has 0 N–H and O–H groups in total. The minimum Gasteiger partial charge on any atom is -0.339 e. The molecular weight excluding hydrogens is 324 g/mol. The molecule has 5 nitrogen and oxygen atoms in total. The molecule has 1 aromatic rings. The molecule has 1 fully saturated rings. The Labute approximate surface area is 157 Å². The van der Waals surface area contributed by atoms with Gasteiger partial charge < -0.3 is 4.90 Å². The van der Waals surface area contributed by atoms with Crippen LogP contribution in [-0.4, -0.2) is 66.4 Å². The molecule has 2 atom stereocenters. The van der Waals surface area contributed by atoms with E-state index in [1.165, 1.54) is 11.1 Å². The molecule has 1 heterocycles. The maximum absolute atomic E-state index is 12.8. The van der Waals surface area contributed by atoms with E-state index >= 15 is 0 Å². The standard InChI is InChI=1S/C21H30N4O/c1-16(2)20(14-22)24-10-12-25(13-11-24)21(26)15-23(3)19-9-8-17-6-4-5-7-18(17)19/h4-7,16,19-20H,8-13,15H2,1-3H3. The lowest BCUT2D eigenvalue weighted by Crippen LogP contribution is -2.54. The van der Waals surface area contributed by atoms with E-state index in [0.717, 1.165) is 39.0 Å². The third-order valence-electron chi connectivity index (χ3n) is 5.84. The van der Waals surface area contributed by atoms with Crippen LogP contribution in [0.1, 0.15) is 37.4 Å². The van der Waals surface area contributed by atoms with E-state index < -0.39 is 0 Å². The number of nitrogens with zero attached hydrogens (tertiary/aromatic N) is 4. The Kier molecular flexibility index (Phi) is 5.95. The van der Waals surface area contributed by atoms with Crippen LogP contribution in [-0.2, 0) is 11.2 Å². The molecule has 5 heteroatoms. The molecule has 1 aliphatic heterocycles. The smallest absolute Gasteiger partial charge is 0.236 e. The Bertz CT molecular complexity index is 673. The lowest BCUT2D eigenvalue weighted by atomic mass is 10.0. The molecule has 1 aliphatic carbocycles. The van der Waals surface area contributed by atoms with Crippen LogP contribution in [0.15, 0.2) is 24.3 Å². The molecule has 1 saturated heterocycles. The first-order valence-electron chi connectivity index (χ1n) is 9.70. The van der Waals surface area contributed by atoms with Crippen molar-refractivity contribution in [2.75, 3.05) is 39.8 Å². The van der Waals surface area contributed by atoms with Crippen molar-refractivity contribution in [1.29, 1.82) is 5.26 Å². The minimum atomic E-state index is -0.0510. The van der Waals surface area contributed by atoms with Crippen LogP contribution in [0.4, 0.5) is 0 Å².